The fourth-order valence-electron chi connectivity index (χ4n) is 2.00. The number of halogens is 1. The molecule has 4 nitrogen and oxygen atoms in total. The molecule has 0 radical (unpaired) electrons. The smallest absolute Gasteiger partial charge is 0.187 e. The van der Waals surface area contributed by atoms with Gasteiger partial charge in [0.1, 0.15) is 0 Å². The topological polar surface area (TPSA) is 43.6 Å². The standard InChI is InChI=1S/C15H13ClN4/c1-10-3-8-14(9-11(10)2)20-15(17-18-19-20)12-4-6-13(16)7-5-12/h3-9H,1-2H3. The van der Waals surface area contributed by atoms with Crippen LogP contribution < -0.4 is 0 Å². The molecule has 20 heavy (non-hydrogen) atoms. The second-order valence-electron chi connectivity index (χ2n) is 4.69. The number of aromatic nitrogens is 4. The number of aryl methyl sites for hydroxylation is 2. The molecule has 0 unspecified atom stereocenters. The third kappa shape index (κ3) is 2.30. The number of nitrogens with zero attached hydrogens (tertiary/aromatic N) is 4. The van der Waals surface area contributed by atoms with Gasteiger partial charge in [0.2, 0.25) is 0 Å². The van der Waals surface area contributed by atoms with Crippen LogP contribution in [0.15, 0.2) is 42.5 Å². The van der Waals surface area contributed by atoms with E-state index in [1.54, 1.807) is 4.68 Å². The highest BCUT2D eigenvalue weighted by Gasteiger charge is 2.11. The summed E-state index contributed by atoms with van der Waals surface area (Å²) in [7, 11) is 0. The van der Waals surface area contributed by atoms with Gasteiger partial charge in [-0.1, -0.05) is 17.7 Å². The van der Waals surface area contributed by atoms with E-state index in [-0.39, 0.29) is 0 Å². The molecular formula is C15H13ClN4. The molecule has 0 N–H and O–H groups in total. The molecule has 1 aromatic heterocycles. The summed E-state index contributed by atoms with van der Waals surface area (Å²) in [4.78, 5) is 0. The SMILES string of the molecule is Cc1ccc(-n2nnnc2-c2ccc(Cl)cc2)cc1C. The van der Waals surface area contributed by atoms with Crippen LogP contribution in [0.25, 0.3) is 17.1 Å². The van der Waals surface area contributed by atoms with Gasteiger partial charge >= 0.3 is 0 Å². The predicted molar refractivity (Wildman–Crippen MR) is 79.1 cm³/mol. The molecule has 3 aromatic rings. The molecule has 0 fully saturated rings. The van der Waals surface area contributed by atoms with Crippen molar-refractivity contribution in [3.8, 4) is 17.1 Å². The van der Waals surface area contributed by atoms with Crippen LogP contribution in [-0.2, 0) is 0 Å². The van der Waals surface area contributed by atoms with E-state index >= 15 is 0 Å². The monoisotopic (exact) mass is 284 g/mol. The van der Waals surface area contributed by atoms with Crippen LogP contribution in [0.3, 0.4) is 0 Å². The average molecular weight is 285 g/mol. The lowest BCUT2D eigenvalue weighted by atomic mass is 10.1. The van der Waals surface area contributed by atoms with E-state index in [0.717, 1.165) is 11.3 Å². The summed E-state index contributed by atoms with van der Waals surface area (Å²) in [6, 6.07) is 13.6. The lowest BCUT2D eigenvalue weighted by Gasteiger charge is -2.07. The number of tetrazole rings is 1. The highest BCUT2D eigenvalue weighted by molar-refractivity contribution is 6.30. The Balaban J connectivity index is 2.10. The number of rotatable bonds is 2. The van der Waals surface area contributed by atoms with E-state index in [1.807, 2.05) is 30.3 Å². The van der Waals surface area contributed by atoms with Crippen molar-refractivity contribution in [3.63, 3.8) is 0 Å². The first-order valence-electron chi connectivity index (χ1n) is 6.27. The van der Waals surface area contributed by atoms with Crippen LogP contribution in [0.5, 0.6) is 0 Å². The first-order valence-corrected chi connectivity index (χ1v) is 6.65. The molecule has 0 bridgehead atoms. The van der Waals surface area contributed by atoms with E-state index in [4.69, 9.17) is 11.6 Å². The molecular weight excluding hydrogens is 272 g/mol. The van der Waals surface area contributed by atoms with Gasteiger partial charge < -0.3 is 0 Å². The van der Waals surface area contributed by atoms with Crippen molar-refractivity contribution in [3.05, 3.63) is 58.6 Å². The Morgan fingerprint density at radius 2 is 1.70 bits per heavy atom. The van der Waals surface area contributed by atoms with Crippen molar-refractivity contribution in [2.75, 3.05) is 0 Å². The molecule has 2 aromatic carbocycles. The second kappa shape index (κ2) is 5.06. The Labute approximate surface area is 122 Å². The third-order valence-electron chi connectivity index (χ3n) is 3.31. The molecule has 3 rings (SSSR count). The Morgan fingerprint density at radius 1 is 0.950 bits per heavy atom. The van der Waals surface area contributed by atoms with E-state index in [2.05, 4.69) is 41.5 Å². The summed E-state index contributed by atoms with van der Waals surface area (Å²) >= 11 is 5.91. The van der Waals surface area contributed by atoms with Crippen molar-refractivity contribution < 1.29 is 0 Å². The van der Waals surface area contributed by atoms with E-state index in [9.17, 15) is 0 Å². The van der Waals surface area contributed by atoms with Crippen molar-refractivity contribution in [1.29, 1.82) is 0 Å². The van der Waals surface area contributed by atoms with Crippen molar-refractivity contribution in [2.45, 2.75) is 13.8 Å². The van der Waals surface area contributed by atoms with Crippen LogP contribution in [-0.4, -0.2) is 20.2 Å². The molecule has 0 aliphatic rings. The first kappa shape index (κ1) is 12.8. The quantitative estimate of drug-likeness (QED) is 0.722. The van der Waals surface area contributed by atoms with E-state index in [1.165, 1.54) is 11.1 Å². The van der Waals surface area contributed by atoms with E-state index < -0.39 is 0 Å². The Bertz CT molecular complexity index is 747. The van der Waals surface area contributed by atoms with Gasteiger partial charge in [0.15, 0.2) is 5.82 Å². The Morgan fingerprint density at radius 3 is 2.40 bits per heavy atom. The second-order valence-corrected chi connectivity index (χ2v) is 5.13. The van der Waals surface area contributed by atoms with Crippen LogP contribution in [0, 0.1) is 13.8 Å². The summed E-state index contributed by atoms with van der Waals surface area (Å²) in [6.07, 6.45) is 0. The van der Waals surface area contributed by atoms with Crippen LogP contribution in [0.2, 0.25) is 5.02 Å². The van der Waals surface area contributed by atoms with Crippen LogP contribution in [0.4, 0.5) is 0 Å². The average Bonchev–Trinajstić information content (AvgIpc) is 2.92. The molecule has 1 heterocycles. The zero-order chi connectivity index (χ0) is 14.1. The molecule has 0 amide bonds. The maximum atomic E-state index is 5.91. The fourth-order valence-corrected chi connectivity index (χ4v) is 2.12. The number of benzene rings is 2. The summed E-state index contributed by atoms with van der Waals surface area (Å²) in [5, 5.41) is 12.7. The van der Waals surface area contributed by atoms with Crippen molar-refractivity contribution >= 4 is 11.6 Å². The molecule has 0 saturated heterocycles. The number of hydrogen-bond acceptors (Lipinski definition) is 3. The normalized spacial score (nSPS) is 10.8. The maximum absolute atomic E-state index is 5.91. The highest BCUT2D eigenvalue weighted by atomic mass is 35.5. The zero-order valence-electron chi connectivity index (χ0n) is 11.2. The summed E-state index contributed by atoms with van der Waals surface area (Å²) in [5.41, 5.74) is 4.33. The summed E-state index contributed by atoms with van der Waals surface area (Å²) < 4.78 is 1.73. The van der Waals surface area contributed by atoms with Gasteiger partial charge in [-0.05, 0) is 71.8 Å². The predicted octanol–water partition coefficient (Wildman–Crippen LogP) is 3.60. The Hall–Kier alpha value is -2.20. The van der Waals surface area contributed by atoms with Crippen LogP contribution >= 0.6 is 11.6 Å². The molecule has 5 heteroatoms. The molecule has 0 aliphatic carbocycles. The highest BCUT2D eigenvalue weighted by Crippen LogP contribution is 2.22. The minimum absolute atomic E-state index is 0.693. The molecule has 0 atom stereocenters. The first-order chi connectivity index (χ1) is 9.65. The number of hydrogen-bond donors (Lipinski definition) is 0. The summed E-state index contributed by atoms with van der Waals surface area (Å²) in [5.74, 6) is 0.699. The van der Waals surface area contributed by atoms with Gasteiger partial charge in [-0.3, -0.25) is 0 Å². The van der Waals surface area contributed by atoms with Gasteiger partial charge in [0, 0.05) is 10.6 Å². The summed E-state index contributed by atoms with van der Waals surface area (Å²) in [6.45, 7) is 4.16. The fraction of sp³-hybridized carbons (Fsp3) is 0.133. The lowest BCUT2D eigenvalue weighted by Crippen LogP contribution is -2.00. The molecule has 100 valence electrons. The Kier molecular flexibility index (Phi) is 3.24. The molecule has 0 spiro atoms. The van der Waals surface area contributed by atoms with Gasteiger partial charge in [-0.15, -0.1) is 5.10 Å². The third-order valence-corrected chi connectivity index (χ3v) is 3.56. The van der Waals surface area contributed by atoms with Gasteiger partial charge in [0.05, 0.1) is 5.69 Å². The minimum Gasteiger partial charge on any atom is -0.193 e. The lowest BCUT2D eigenvalue weighted by molar-refractivity contribution is 0.790. The van der Waals surface area contributed by atoms with Crippen LogP contribution in [0.1, 0.15) is 11.1 Å². The van der Waals surface area contributed by atoms with Gasteiger partial charge in [-0.2, -0.15) is 4.68 Å². The van der Waals surface area contributed by atoms with Gasteiger partial charge in [0.25, 0.3) is 0 Å². The van der Waals surface area contributed by atoms with E-state index in [0.29, 0.717) is 10.8 Å². The molecule has 0 saturated carbocycles. The molecule has 0 aliphatic heterocycles. The minimum atomic E-state index is 0.693. The van der Waals surface area contributed by atoms with Gasteiger partial charge in [-0.25, -0.2) is 0 Å². The zero-order valence-corrected chi connectivity index (χ0v) is 12.0. The van der Waals surface area contributed by atoms with Crippen molar-refractivity contribution in [1.82, 2.24) is 20.2 Å². The van der Waals surface area contributed by atoms with Crippen molar-refractivity contribution in [2.24, 2.45) is 0 Å². The maximum Gasteiger partial charge on any atom is 0.187 e. The largest absolute Gasteiger partial charge is 0.193 e.